The van der Waals surface area contributed by atoms with Crippen LogP contribution >= 0.6 is 0 Å². The molecule has 7 nitrogen and oxygen atoms in total. The van der Waals surface area contributed by atoms with Crippen LogP contribution < -0.4 is 10.6 Å². The highest BCUT2D eigenvalue weighted by Gasteiger charge is 2.31. The van der Waals surface area contributed by atoms with Crippen molar-refractivity contribution in [1.29, 1.82) is 0 Å². The van der Waals surface area contributed by atoms with Gasteiger partial charge in [0.25, 0.3) is 5.91 Å². The number of hydrogen-bond acceptors (Lipinski definition) is 4. The molecular weight excluding hydrogens is 404 g/mol. The van der Waals surface area contributed by atoms with Gasteiger partial charge in [-0.25, -0.2) is 4.79 Å². The Morgan fingerprint density at radius 1 is 1.12 bits per heavy atom. The van der Waals surface area contributed by atoms with E-state index in [1.54, 1.807) is 24.3 Å². The molecule has 1 saturated carbocycles. The first-order valence-electron chi connectivity index (χ1n) is 11.0. The molecule has 2 aromatic carbocycles. The molecule has 0 spiro atoms. The lowest BCUT2D eigenvalue weighted by molar-refractivity contribution is 0.102. The Balaban J connectivity index is 1.61. The first-order valence-corrected chi connectivity index (χ1v) is 11.0. The number of phenols is 1. The summed E-state index contributed by atoms with van der Waals surface area (Å²) in [6.07, 6.45) is 2.94. The van der Waals surface area contributed by atoms with Crippen molar-refractivity contribution >= 4 is 17.6 Å². The van der Waals surface area contributed by atoms with E-state index in [0.717, 1.165) is 30.5 Å². The van der Waals surface area contributed by atoms with E-state index in [2.05, 4.69) is 22.7 Å². The monoisotopic (exact) mass is 432 g/mol. The molecule has 0 unspecified atom stereocenters. The number of aryl methyl sites for hydroxylation is 1. The van der Waals surface area contributed by atoms with Crippen molar-refractivity contribution in [3.63, 3.8) is 0 Å². The quantitative estimate of drug-likeness (QED) is 0.482. The second-order valence-corrected chi connectivity index (χ2v) is 8.48. The Bertz CT molecular complexity index is 1140. The van der Waals surface area contributed by atoms with Crippen molar-refractivity contribution in [1.82, 2.24) is 15.1 Å². The summed E-state index contributed by atoms with van der Waals surface area (Å²) >= 11 is 0. The number of benzene rings is 2. The third-order valence-electron chi connectivity index (χ3n) is 5.49. The molecule has 1 fully saturated rings. The summed E-state index contributed by atoms with van der Waals surface area (Å²) in [5, 5.41) is 20.7. The summed E-state index contributed by atoms with van der Waals surface area (Å²) in [6, 6.07) is 13.9. The van der Waals surface area contributed by atoms with Gasteiger partial charge in [-0.3, -0.25) is 4.79 Å². The zero-order chi connectivity index (χ0) is 22.8. The number of rotatable bonds is 6. The molecule has 0 saturated heterocycles. The third kappa shape index (κ3) is 4.66. The molecule has 3 aromatic rings. The fourth-order valence-electron chi connectivity index (χ4n) is 3.58. The van der Waals surface area contributed by atoms with Crippen molar-refractivity contribution in [2.45, 2.75) is 52.0 Å². The topological polar surface area (TPSA) is 96.2 Å². The minimum atomic E-state index is -0.285. The van der Waals surface area contributed by atoms with E-state index in [1.807, 2.05) is 32.0 Å². The number of anilines is 1. The molecule has 1 aliphatic rings. The van der Waals surface area contributed by atoms with E-state index in [4.69, 9.17) is 0 Å². The summed E-state index contributed by atoms with van der Waals surface area (Å²) in [5.41, 5.74) is 4.05. The predicted molar refractivity (Wildman–Crippen MR) is 124 cm³/mol. The number of nitrogens with zero attached hydrogens (tertiary/aromatic N) is 2. The van der Waals surface area contributed by atoms with Gasteiger partial charge in [-0.2, -0.15) is 9.78 Å². The highest BCUT2D eigenvalue weighted by molar-refractivity contribution is 6.04. The number of carbonyl (C=O) groups is 2. The molecule has 0 bridgehead atoms. The normalized spacial score (nSPS) is 13.2. The largest absolute Gasteiger partial charge is 0.507 e. The third-order valence-corrected chi connectivity index (χ3v) is 5.49. The van der Waals surface area contributed by atoms with E-state index < -0.39 is 0 Å². The van der Waals surface area contributed by atoms with E-state index in [-0.39, 0.29) is 23.7 Å². The first-order chi connectivity index (χ1) is 15.4. The van der Waals surface area contributed by atoms with Gasteiger partial charge < -0.3 is 15.7 Å². The molecule has 0 radical (unpaired) electrons. The molecule has 1 aromatic heterocycles. The summed E-state index contributed by atoms with van der Waals surface area (Å²) < 4.78 is 1.40. The van der Waals surface area contributed by atoms with Crippen LogP contribution in [0.15, 0.2) is 48.5 Å². The summed E-state index contributed by atoms with van der Waals surface area (Å²) in [6.45, 7) is 5.86. The van der Waals surface area contributed by atoms with Gasteiger partial charge in [0.15, 0.2) is 0 Å². The van der Waals surface area contributed by atoms with Crippen molar-refractivity contribution in [3.05, 3.63) is 65.4 Å². The number of nitrogens with one attached hydrogen (secondary N) is 2. The van der Waals surface area contributed by atoms with Gasteiger partial charge in [-0.05, 0) is 75.1 Å². The lowest BCUT2D eigenvalue weighted by Gasteiger charge is -2.10. The van der Waals surface area contributed by atoms with Gasteiger partial charge in [0.2, 0.25) is 0 Å². The minimum Gasteiger partial charge on any atom is -0.507 e. The maximum atomic E-state index is 12.6. The van der Waals surface area contributed by atoms with Crippen LogP contribution in [0.5, 0.6) is 5.75 Å². The number of aromatic hydroxyl groups is 1. The van der Waals surface area contributed by atoms with Crippen LogP contribution in [0.25, 0.3) is 11.3 Å². The Labute approximate surface area is 187 Å². The number of aromatic nitrogens is 2. The van der Waals surface area contributed by atoms with Crippen molar-refractivity contribution in [2.24, 2.45) is 0 Å². The Morgan fingerprint density at radius 2 is 1.84 bits per heavy atom. The van der Waals surface area contributed by atoms with Gasteiger partial charge in [-0.1, -0.05) is 19.1 Å². The molecular formula is C25H28N4O3. The molecule has 3 N–H and O–H groups in total. The molecule has 2 amide bonds. The van der Waals surface area contributed by atoms with Crippen LogP contribution in [-0.2, 0) is 6.42 Å². The standard InChI is InChI=1S/C25H28N4O3/c1-4-16-5-7-18(8-6-16)24(31)27-19-11-12-23(30)20(13-19)21-14-22(17-9-10-17)29(28-21)25(32)26-15(2)3/h5-8,11-15,17,30H,4,9-10H2,1-3H3,(H,26,32)(H,27,31). The van der Waals surface area contributed by atoms with Crippen LogP contribution in [0.3, 0.4) is 0 Å². The van der Waals surface area contributed by atoms with Gasteiger partial charge >= 0.3 is 6.03 Å². The van der Waals surface area contributed by atoms with Gasteiger partial charge in [0.1, 0.15) is 5.75 Å². The van der Waals surface area contributed by atoms with Crippen LogP contribution in [0, 0.1) is 0 Å². The van der Waals surface area contributed by atoms with E-state index in [1.165, 1.54) is 10.7 Å². The minimum absolute atomic E-state index is 0.0134. The van der Waals surface area contributed by atoms with Crippen molar-refractivity contribution < 1.29 is 14.7 Å². The van der Waals surface area contributed by atoms with Gasteiger partial charge in [0.05, 0.1) is 11.4 Å². The van der Waals surface area contributed by atoms with Crippen LogP contribution in [0.2, 0.25) is 0 Å². The fourth-order valence-corrected chi connectivity index (χ4v) is 3.58. The molecule has 1 heterocycles. The van der Waals surface area contributed by atoms with E-state index >= 15 is 0 Å². The Hall–Kier alpha value is -3.61. The summed E-state index contributed by atoms with van der Waals surface area (Å²) in [4.78, 5) is 25.3. The molecule has 0 aliphatic heterocycles. The van der Waals surface area contributed by atoms with Crippen LogP contribution in [-0.4, -0.2) is 32.9 Å². The number of phenolic OH excluding ortho intramolecular Hbond substituents is 1. The summed E-state index contributed by atoms with van der Waals surface area (Å²) in [5.74, 6) is 0.0987. The van der Waals surface area contributed by atoms with Crippen molar-refractivity contribution in [2.75, 3.05) is 5.32 Å². The van der Waals surface area contributed by atoms with Crippen LogP contribution in [0.4, 0.5) is 10.5 Å². The lowest BCUT2D eigenvalue weighted by atomic mass is 10.1. The highest BCUT2D eigenvalue weighted by Crippen LogP contribution is 2.42. The molecule has 0 atom stereocenters. The maximum Gasteiger partial charge on any atom is 0.342 e. The lowest BCUT2D eigenvalue weighted by Crippen LogP contribution is -2.35. The SMILES string of the molecule is CCc1ccc(C(=O)Nc2ccc(O)c(-c3cc(C4CC4)n(C(=O)NC(C)C)n3)c2)cc1. The van der Waals surface area contributed by atoms with Gasteiger partial charge in [0, 0.05) is 28.8 Å². The zero-order valence-electron chi connectivity index (χ0n) is 18.6. The molecule has 4 rings (SSSR count). The Kier molecular flexibility index (Phi) is 5.99. The number of hydrogen-bond donors (Lipinski definition) is 3. The fraction of sp³-hybridized carbons (Fsp3) is 0.320. The average Bonchev–Trinajstić information content (AvgIpc) is 3.52. The second-order valence-electron chi connectivity index (χ2n) is 8.48. The highest BCUT2D eigenvalue weighted by atomic mass is 16.3. The summed E-state index contributed by atoms with van der Waals surface area (Å²) in [7, 11) is 0. The van der Waals surface area contributed by atoms with E-state index in [0.29, 0.717) is 28.4 Å². The Morgan fingerprint density at radius 3 is 2.47 bits per heavy atom. The average molecular weight is 433 g/mol. The number of amides is 2. The van der Waals surface area contributed by atoms with Gasteiger partial charge in [-0.15, -0.1) is 0 Å². The molecule has 1 aliphatic carbocycles. The molecule has 7 heteroatoms. The molecule has 32 heavy (non-hydrogen) atoms. The number of carbonyl (C=O) groups excluding carboxylic acids is 2. The first kappa shape index (κ1) is 21.6. The molecule has 166 valence electrons. The maximum absolute atomic E-state index is 12.6. The van der Waals surface area contributed by atoms with Crippen molar-refractivity contribution in [3.8, 4) is 17.0 Å². The van der Waals surface area contributed by atoms with E-state index in [9.17, 15) is 14.7 Å². The zero-order valence-corrected chi connectivity index (χ0v) is 18.6. The second kappa shape index (κ2) is 8.86. The smallest absolute Gasteiger partial charge is 0.342 e. The van der Waals surface area contributed by atoms with Crippen LogP contribution in [0.1, 0.15) is 61.1 Å². The predicted octanol–water partition coefficient (Wildman–Crippen LogP) is 4.91.